The molecule has 16 heavy (non-hydrogen) atoms. The minimum Gasteiger partial charge on any atom is -0.390 e. The molecular formula is C12H15NO3. The number of methoxy groups -OCH3 is 1. The lowest BCUT2D eigenvalue weighted by Crippen LogP contribution is -2.35. The molecule has 0 aromatic heterocycles. The molecule has 1 amide bonds. The van der Waals surface area contributed by atoms with Crippen LogP contribution in [0.15, 0.2) is 24.3 Å². The van der Waals surface area contributed by atoms with Crippen LogP contribution in [-0.2, 0) is 16.0 Å². The standard InChI is InChI=1S/C12H15NO3/c1-16-7-11(15)13-12-9-5-3-2-4-8(9)6-10(12)14/h2-5,10,12,14H,6-7H2,1H3,(H,13,15)/t10-,12-/m1/s1. The predicted octanol–water partition coefficient (Wildman–Crippen LogP) is 0.407. The maximum Gasteiger partial charge on any atom is 0.246 e. The van der Waals surface area contributed by atoms with Crippen LogP contribution in [0.3, 0.4) is 0 Å². The van der Waals surface area contributed by atoms with E-state index in [9.17, 15) is 9.90 Å². The van der Waals surface area contributed by atoms with Crippen molar-refractivity contribution in [3.8, 4) is 0 Å². The van der Waals surface area contributed by atoms with Gasteiger partial charge in [-0.3, -0.25) is 4.79 Å². The zero-order valence-corrected chi connectivity index (χ0v) is 9.14. The van der Waals surface area contributed by atoms with Crippen molar-refractivity contribution in [2.75, 3.05) is 13.7 Å². The molecule has 0 bridgehead atoms. The van der Waals surface area contributed by atoms with Crippen molar-refractivity contribution in [2.45, 2.75) is 18.6 Å². The second-order valence-corrected chi connectivity index (χ2v) is 3.95. The average molecular weight is 221 g/mol. The van der Waals surface area contributed by atoms with Gasteiger partial charge < -0.3 is 15.2 Å². The van der Waals surface area contributed by atoms with Crippen molar-refractivity contribution >= 4 is 5.91 Å². The van der Waals surface area contributed by atoms with E-state index in [1.165, 1.54) is 7.11 Å². The van der Waals surface area contributed by atoms with Gasteiger partial charge in [-0.15, -0.1) is 0 Å². The summed E-state index contributed by atoms with van der Waals surface area (Å²) in [6.45, 7) is 0.0192. The number of carbonyl (C=O) groups excluding carboxylic acids is 1. The lowest BCUT2D eigenvalue weighted by Gasteiger charge is -2.17. The Morgan fingerprint density at radius 3 is 3.06 bits per heavy atom. The van der Waals surface area contributed by atoms with Gasteiger partial charge in [0.25, 0.3) is 0 Å². The molecule has 0 aliphatic heterocycles. The van der Waals surface area contributed by atoms with Gasteiger partial charge in [-0.1, -0.05) is 24.3 Å². The van der Waals surface area contributed by atoms with Crippen molar-refractivity contribution in [3.63, 3.8) is 0 Å². The molecule has 0 spiro atoms. The summed E-state index contributed by atoms with van der Waals surface area (Å²) >= 11 is 0. The largest absolute Gasteiger partial charge is 0.390 e. The van der Waals surface area contributed by atoms with Crippen LogP contribution in [0.1, 0.15) is 17.2 Å². The molecule has 2 N–H and O–H groups in total. The highest BCUT2D eigenvalue weighted by molar-refractivity contribution is 5.78. The molecule has 4 nitrogen and oxygen atoms in total. The van der Waals surface area contributed by atoms with Gasteiger partial charge in [0.2, 0.25) is 5.91 Å². The molecule has 0 saturated heterocycles. The molecule has 0 fully saturated rings. The number of fused-ring (bicyclic) bond motifs is 1. The predicted molar refractivity (Wildman–Crippen MR) is 58.9 cm³/mol. The topological polar surface area (TPSA) is 58.6 Å². The number of aliphatic hydroxyl groups is 1. The fourth-order valence-electron chi connectivity index (χ4n) is 2.09. The van der Waals surface area contributed by atoms with Crippen LogP contribution in [0, 0.1) is 0 Å². The molecule has 0 radical (unpaired) electrons. The van der Waals surface area contributed by atoms with Crippen LogP contribution in [0.2, 0.25) is 0 Å². The third-order valence-corrected chi connectivity index (χ3v) is 2.80. The van der Waals surface area contributed by atoms with Gasteiger partial charge in [0.15, 0.2) is 0 Å². The Bertz CT molecular complexity index is 392. The number of ether oxygens (including phenoxy) is 1. The van der Waals surface area contributed by atoms with Gasteiger partial charge in [0.05, 0.1) is 12.1 Å². The highest BCUT2D eigenvalue weighted by Gasteiger charge is 2.31. The molecule has 4 heteroatoms. The van der Waals surface area contributed by atoms with Crippen LogP contribution in [0.4, 0.5) is 0 Å². The fourth-order valence-corrected chi connectivity index (χ4v) is 2.09. The second-order valence-electron chi connectivity index (χ2n) is 3.95. The lowest BCUT2D eigenvalue weighted by molar-refractivity contribution is -0.126. The smallest absolute Gasteiger partial charge is 0.246 e. The Morgan fingerprint density at radius 1 is 1.56 bits per heavy atom. The van der Waals surface area contributed by atoms with Crippen molar-refractivity contribution < 1.29 is 14.6 Å². The Balaban J connectivity index is 2.13. The first-order valence-corrected chi connectivity index (χ1v) is 5.26. The maximum absolute atomic E-state index is 11.4. The summed E-state index contributed by atoms with van der Waals surface area (Å²) < 4.78 is 4.74. The fraction of sp³-hybridized carbons (Fsp3) is 0.417. The van der Waals surface area contributed by atoms with E-state index >= 15 is 0 Å². The number of amides is 1. The summed E-state index contributed by atoms with van der Waals surface area (Å²) in [6.07, 6.45) is 0.0480. The van der Waals surface area contributed by atoms with E-state index in [0.29, 0.717) is 6.42 Å². The summed E-state index contributed by atoms with van der Waals surface area (Å²) in [5.41, 5.74) is 2.09. The SMILES string of the molecule is COCC(=O)N[C@@H]1c2ccccc2C[C@H]1O. The number of nitrogens with one attached hydrogen (secondary N) is 1. The quantitative estimate of drug-likeness (QED) is 0.777. The molecule has 86 valence electrons. The van der Waals surface area contributed by atoms with Crippen molar-refractivity contribution in [1.82, 2.24) is 5.32 Å². The van der Waals surface area contributed by atoms with Gasteiger partial charge in [-0.25, -0.2) is 0 Å². The summed E-state index contributed by atoms with van der Waals surface area (Å²) in [6, 6.07) is 7.44. The third kappa shape index (κ3) is 2.08. The molecule has 1 aliphatic carbocycles. The zero-order chi connectivity index (χ0) is 11.5. The molecule has 1 aromatic rings. The van der Waals surface area contributed by atoms with Crippen molar-refractivity contribution in [1.29, 1.82) is 0 Å². The summed E-state index contributed by atoms with van der Waals surface area (Å²) in [7, 11) is 1.47. The van der Waals surface area contributed by atoms with E-state index in [-0.39, 0.29) is 18.6 Å². The third-order valence-electron chi connectivity index (χ3n) is 2.80. The molecule has 1 aliphatic rings. The van der Waals surface area contributed by atoms with Crippen LogP contribution in [-0.4, -0.2) is 30.8 Å². The highest BCUT2D eigenvalue weighted by atomic mass is 16.5. The van der Waals surface area contributed by atoms with Crippen LogP contribution in [0.25, 0.3) is 0 Å². The van der Waals surface area contributed by atoms with Crippen molar-refractivity contribution in [3.05, 3.63) is 35.4 Å². The molecule has 2 rings (SSSR count). The number of hydrogen-bond donors (Lipinski definition) is 2. The monoisotopic (exact) mass is 221 g/mol. The lowest BCUT2D eigenvalue weighted by atomic mass is 10.1. The Morgan fingerprint density at radius 2 is 2.31 bits per heavy atom. The van der Waals surface area contributed by atoms with Gasteiger partial charge >= 0.3 is 0 Å². The van der Waals surface area contributed by atoms with Crippen LogP contribution in [0.5, 0.6) is 0 Å². The number of rotatable bonds is 3. The highest BCUT2D eigenvalue weighted by Crippen LogP contribution is 2.30. The van der Waals surface area contributed by atoms with Gasteiger partial charge in [0, 0.05) is 13.5 Å². The molecular weight excluding hydrogens is 206 g/mol. The minimum absolute atomic E-state index is 0.0192. The van der Waals surface area contributed by atoms with Gasteiger partial charge in [0.1, 0.15) is 6.61 Å². The number of benzene rings is 1. The van der Waals surface area contributed by atoms with Gasteiger partial charge in [-0.05, 0) is 11.1 Å². The summed E-state index contributed by atoms with van der Waals surface area (Å²) in [5, 5.41) is 12.6. The van der Waals surface area contributed by atoms with Crippen LogP contribution < -0.4 is 5.32 Å². The Kier molecular flexibility index (Phi) is 3.22. The van der Waals surface area contributed by atoms with Crippen LogP contribution >= 0.6 is 0 Å². The van der Waals surface area contributed by atoms with E-state index in [1.807, 2.05) is 24.3 Å². The number of aliphatic hydroxyl groups excluding tert-OH is 1. The van der Waals surface area contributed by atoms with Crippen molar-refractivity contribution in [2.24, 2.45) is 0 Å². The first-order chi connectivity index (χ1) is 7.72. The molecule has 0 unspecified atom stereocenters. The number of carbonyl (C=O) groups is 1. The molecule has 0 heterocycles. The first kappa shape index (κ1) is 11.1. The number of hydrogen-bond acceptors (Lipinski definition) is 3. The maximum atomic E-state index is 11.4. The van der Waals surface area contributed by atoms with E-state index in [2.05, 4.69) is 5.32 Å². The minimum atomic E-state index is -0.543. The second kappa shape index (κ2) is 4.63. The molecule has 0 saturated carbocycles. The summed E-state index contributed by atoms with van der Waals surface area (Å²) in [4.78, 5) is 11.4. The Labute approximate surface area is 94.2 Å². The first-order valence-electron chi connectivity index (χ1n) is 5.26. The normalized spacial score (nSPS) is 22.9. The van der Waals surface area contributed by atoms with E-state index in [0.717, 1.165) is 11.1 Å². The van der Waals surface area contributed by atoms with Gasteiger partial charge in [-0.2, -0.15) is 0 Å². The zero-order valence-electron chi connectivity index (χ0n) is 9.14. The summed E-state index contributed by atoms with van der Waals surface area (Å²) in [5.74, 6) is -0.205. The Hall–Kier alpha value is -1.39. The van der Waals surface area contributed by atoms with E-state index < -0.39 is 6.10 Å². The molecule has 1 aromatic carbocycles. The molecule has 2 atom stereocenters. The van der Waals surface area contributed by atoms with E-state index in [1.54, 1.807) is 0 Å². The average Bonchev–Trinajstić information content (AvgIpc) is 2.56. The van der Waals surface area contributed by atoms with E-state index in [4.69, 9.17) is 4.74 Å².